The molecule has 0 radical (unpaired) electrons. The zero-order valence-electron chi connectivity index (χ0n) is 15.0. The van der Waals surface area contributed by atoms with Crippen LogP contribution in [0.5, 0.6) is 11.5 Å². The third-order valence-electron chi connectivity index (χ3n) is 3.95. The maximum atomic E-state index is 12.5. The van der Waals surface area contributed by atoms with Crippen LogP contribution in [-0.4, -0.2) is 25.8 Å². The van der Waals surface area contributed by atoms with E-state index >= 15 is 0 Å². The van der Waals surface area contributed by atoms with Crippen LogP contribution in [0.3, 0.4) is 0 Å². The molecule has 1 N–H and O–H groups in total. The van der Waals surface area contributed by atoms with Crippen molar-refractivity contribution < 1.29 is 14.3 Å². The molecule has 138 valence electrons. The summed E-state index contributed by atoms with van der Waals surface area (Å²) in [5.41, 5.74) is 3.79. The van der Waals surface area contributed by atoms with Gasteiger partial charge in [0.25, 0.3) is 5.91 Å². The predicted molar refractivity (Wildman–Crippen MR) is 108 cm³/mol. The van der Waals surface area contributed by atoms with Crippen molar-refractivity contribution in [3.63, 3.8) is 0 Å². The normalized spacial score (nSPS) is 10.9. The molecule has 0 saturated heterocycles. The summed E-state index contributed by atoms with van der Waals surface area (Å²) >= 11 is 6.24. The van der Waals surface area contributed by atoms with Gasteiger partial charge in [-0.25, -0.2) is 5.43 Å². The zero-order chi connectivity index (χ0) is 19.2. The minimum atomic E-state index is -0.285. The highest BCUT2D eigenvalue weighted by Crippen LogP contribution is 2.35. The molecule has 3 aromatic carbocycles. The Morgan fingerprint density at radius 2 is 1.96 bits per heavy atom. The van der Waals surface area contributed by atoms with Gasteiger partial charge in [-0.3, -0.25) is 4.79 Å². The fraction of sp³-hybridized carbons (Fsp3) is 0.143. The van der Waals surface area contributed by atoms with Crippen molar-refractivity contribution in [1.82, 2.24) is 5.43 Å². The van der Waals surface area contributed by atoms with Crippen molar-refractivity contribution >= 4 is 34.5 Å². The standard InChI is InChI=1S/C21H19ClN2O3/c1-3-27-20-18(22)11-14(12-19(20)26-2)13-23-24-21(25)17-10-6-8-15-7-4-5-9-16(15)17/h4-13H,3H2,1-2H3,(H,24,25)/b23-13-. The number of halogens is 1. The van der Waals surface area contributed by atoms with Crippen LogP contribution in [0.1, 0.15) is 22.8 Å². The molecule has 3 rings (SSSR count). The van der Waals surface area contributed by atoms with Crippen LogP contribution in [0.25, 0.3) is 10.8 Å². The van der Waals surface area contributed by atoms with Gasteiger partial charge in [0, 0.05) is 5.56 Å². The van der Waals surface area contributed by atoms with Gasteiger partial charge in [-0.05, 0) is 41.5 Å². The summed E-state index contributed by atoms with van der Waals surface area (Å²) in [6.45, 7) is 2.35. The Bertz CT molecular complexity index is 997. The first-order valence-corrected chi connectivity index (χ1v) is 8.83. The molecule has 5 nitrogen and oxygen atoms in total. The second kappa shape index (κ2) is 8.56. The number of benzene rings is 3. The number of nitrogens with zero attached hydrogens (tertiary/aromatic N) is 1. The molecular formula is C21H19ClN2O3. The van der Waals surface area contributed by atoms with Crippen LogP contribution in [-0.2, 0) is 0 Å². The van der Waals surface area contributed by atoms with E-state index in [1.54, 1.807) is 18.2 Å². The number of amides is 1. The van der Waals surface area contributed by atoms with Crippen molar-refractivity contribution in [2.45, 2.75) is 6.92 Å². The number of hydrazone groups is 1. The molecular weight excluding hydrogens is 364 g/mol. The van der Waals surface area contributed by atoms with Gasteiger partial charge in [-0.15, -0.1) is 0 Å². The highest BCUT2D eigenvalue weighted by molar-refractivity contribution is 6.32. The lowest BCUT2D eigenvalue weighted by Gasteiger charge is -2.11. The van der Waals surface area contributed by atoms with E-state index in [9.17, 15) is 4.79 Å². The van der Waals surface area contributed by atoms with Crippen LogP contribution in [0.15, 0.2) is 59.7 Å². The van der Waals surface area contributed by atoms with E-state index in [-0.39, 0.29) is 5.91 Å². The largest absolute Gasteiger partial charge is 0.493 e. The average molecular weight is 383 g/mol. The molecule has 0 aliphatic heterocycles. The van der Waals surface area contributed by atoms with Gasteiger partial charge in [-0.1, -0.05) is 48.0 Å². The number of ether oxygens (including phenoxy) is 2. The first-order chi connectivity index (χ1) is 13.1. The van der Waals surface area contributed by atoms with Gasteiger partial charge in [0.05, 0.1) is 25.0 Å². The van der Waals surface area contributed by atoms with Gasteiger partial charge >= 0.3 is 0 Å². The molecule has 6 heteroatoms. The van der Waals surface area contributed by atoms with Crippen molar-refractivity contribution in [1.29, 1.82) is 0 Å². The Morgan fingerprint density at radius 3 is 2.74 bits per heavy atom. The number of carbonyl (C=O) groups is 1. The number of nitrogens with one attached hydrogen (secondary N) is 1. The molecule has 0 atom stereocenters. The van der Waals surface area contributed by atoms with Crippen LogP contribution in [0.4, 0.5) is 0 Å². The smallest absolute Gasteiger partial charge is 0.271 e. The minimum absolute atomic E-state index is 0.285. The van der Waals surface area contributed by atoms with Crippen molar-refractivity contribution in [3.8, 4) is 11.5 Å². The lowest BCUT2D eigenvalue weighted by Crippen LogP contribution is -2.17. The zero-order valence-corrected chi connectivity index (χ0v) is 15.8. The summed E-state index contributed by atoms with van der Waals surface area (Å²) in [4.78, 5) is 12.5. The van der Waals surface area contributed by atoms with E-state index in [1.807, 2.05) is 43.3 Å². The molecule has 0 saturated carbocycles. The minimum Gasteiger partial charge on any atom is -0.493 e. The Balaban J connectivity index is 1.79. The fourth-order valence-electron chi connectivity index (χ4n) is 2.75. The number of fused-ring (bicyclic) bond motifs is 1. The van der Waals surface area contributed by atoms with E-state index in [4.69, 9.17) is 21.1 Å². The van der Waals surface area contributed by atoms with Crippen LogP contribution in [0, 0.1) is 0 Å². The van der Waals surface area contributed by atoms with E-state index in [1.165, 1.54) is 13.3 Å². The first-order valence-electron chi connectivity index (χ1n) is 8.45. The molecule has 0 unspecified atom stereocenters. The maximum absolute atomic E-state index is 12.5. The Hall–Kier alpha value is -3.05. The summed E-state index contributed by atoms with van der Waals surface area (Å²) in [5.74, 6) is 0.705. The average Bonchev–Trinajstić information content (AvgIpc) is 2.69. The topological polar surface area (TPSA) is 59.9 Å². The van der Waals surface area contributed by atoms with E-state index in [0.717, 1.165) is 10.8 Å². The summed E-state index contributed by atoms with van der Waals surface area (Å²) in [5, 5.41) is 6.32. The fourth-order valence-corrected chi connectivity index (χ4v) is 3.02. The molecule has 3 aromatic rings. The molecule has 0 spiro atoms. The van der Waals surface area contributed by atoms with E-state index in [2.05, 4.69) is 10.5 Å². The second-order valence-electron chi connectivity index (χ2n) is 5.69. The number of hydrogen-bond donors (Lipinski definition) is 1. The molecule has 0 aliphatic carbocycles. The molecule has 0 aliphatic rings. The molecule has 0 fully saturated rings. The van der Waals surface area contributed by atoms with Crippen molar-refractivity contribution in [3.05, 3.63) is 70.7 Å². The third kappa shape index (κ3) is 4.20. The van der Waals surface area contributed by atoms with Crippen LogP contribution < -0.4 is 14.9 Å². The van der Waals surface area contributed by atoms with Crippen LogP contribution >= 0.6 is 11.6 Å². The van der Waals surface area contributed by atoms with E-state index < -0.39 is 0 Å². The molecule has 27 heavy (non-hydrogen) atoms. The molecule has 0 heterocycles. The van der Waals surface area contributed by atoms with E-state index in [0.29, 0.717) is 34.3 Å². The lowest BCUT2D eigenvalue weighted by atomic mass is 10.0. The maximum Gasteiger partial charge on any atom is 0.271 e. The van der Waals surface area contributed by atoms with Gasteiger partial charge in [0.2, 0.25) is 0 Å². The number of methoxy groups -OCH3 is 1. The number of rotatable bonds is 6. The van der Waals surface area contributed by atoms with Gasteiger partial charge in [0.1, 0.15) is 0 Å². The third-order valence-corrected chi connectivity index (χ3v) is 4.24. The Morgan fingerprint density at radius 1 is 1.19 bits per heavy atom. The Kier molecular flexibility index (Phi) is 5.94. The van der Waals surface area contributed by atoms with Crippen molar-refractivity contribution in [2.75, 3.05) is 13.7 Å². The van der Waals surface area contributed by atoms with Crippen molar-refractivity contribution in [2.24, 2.45) is 5.10 Å². The molecule has 0 aromatic heterocycles. The number of hydrogen-bond acceptors (Lipinski definition) is 4. The van der Waals surface area contributed by atoms with Gasteiger partial charge in [0.15, 0.2) is 11.5 Å². The number of carbonyl (C=O) groups excluding carboxylic acids is 1. The first kappa shape index (κ1) is 18.7. The highest BCUT2D eigenvalue weighted by Gasteiger charge is 2.11. The summed E-state index contributed by atoms with van der Waals surface area (Å²) < 4.78 is 10.8. The summed E-state index contributed by atoms with van der Waals surface area (Å²) in [6, 6.07) is 16.7. The summed E-state index contributed by atoms with van der Waals surface area (Å²) in [6.07, 6.45) is 1.51. The summed E-state index contributed by atoms with van der Waals surface area (Å²) in [7, 11) is 1.54. The molecule has 1 amide bonds. The van der Waals surface area contributed by atoms with Crippen LogP contribution in [0.2, 0.25) is 5.02 Å². The predicted octanol–water partition coefficient (Wildman–Crippen LogP) is 4.66. The highest BCUT2D eigenvalue weighted by atomic mass is 35.5. The lowest BCUT2D eigenvalue weighted by molar-refractivity contribution is 0.0957. The Labute approximate surface area is 162 Å². The quantitative estimate of drug-likeness (QED) is 0.498. The second-order valence-corrected chi connectivity index (χ2v) is 6.10. The molecule has 0 bridgehead atoms. The van der Waals surface area contributed by atoms with Gasteiger partial charge < -0.3 is 9.47 Å². The monoisotopic (exact) mass is 382 g/mol. The van der Waals surface area contributed by atoms with Gasteiger partial charge in [-0.2, -0.15) is 5.10 Å². The SMILES string of the molecule is CCOc1c(Cl)cc(/C=N\NC(=O)c2cccc3ccccc23)cc1OC.